The molecule has 0 N–H and O–H groups in total. The topological polar surface area (TPSA) is 26.3 Å². The van der Waals surface area contributed by atoms with Gasteiger partial charge in [-0.15, -0.1) is 6.58 Å². The van der Waals surface area contributed by atoms with Crippen LogP contribution in [0.2, 0.25) is 0 Å². The normalized spacial score (nSPS) is 11.8. The van der Waals surface area contributed by atoms with Crippen LogP contribution >= 0.6 is 0 Å². The third kappa shape index (κ3) is 4.45. The van der Waals surface area contributed by atoms with E-state index in [1.165, 1.54) is 0 Å². The van der Waals surface area contributed by atoms with Gasteiger partial charge >= 0.3 is 5.97 Å². The van der Waals surface area contributed by atoms with Crippen LogP contribution in [0.15, 0.2) is 43.0 Å². The Hall–Kier alpha value is -1.57. The number of carbonyl (C=O) groups is 1. The highest BCUT2D eigenvalue weighted by Crippen LogP contribution is 2.06. The molecular formula is C13H16O2. The molecule has 0 aliphatic rings. The van der Waals surface area contributed by atoms with Crippen LogP contribution in [0.1, 0.15) is 18.9 Å². The molecule has 2 heteroatoms. The maximum atomic E-state index is 11.3. The molecule has 0 radical (unpaired) electrons. The molecule has 0 fully saturated rings. The van der Waals surface area contributed by atoms with Gasteiger partial charge in [0.25, 0.3) is 0 Å². The van der Waals surface area contributed by atoms with Crippen LogP contribution in [0.4, 0.5) is 0 Å². The Bertz CT molecular complexity index is 317. The lowest BCUT2D eigenvalue weighted by Gasteiger charge is -2.06. The van der Waals surface area contributed by atoms with E-state index in [1.54, 1.807) is 6.08 Å². The van der Waals surface area contributed by atoms with E-state index in [4.69, 9.17) is 4.74 Å². The Morgan fingerprint density at radius 2 is 2.13 bits per heavy atom. The van der Waals surface area contributed by atoms with Crippen molar-refractivity contribution in [1.82, 2.24) is 0 Å². The first-order chi connectivity index (χ1) is 7.22. The predicted octanol–water partition coefficient (Wildman–Crippen LogP) is 2.94. The largest absolute Gasteiger partial charge is 0.461 e. The summed E-state index contributed by atoms with van der Waals surface area (Å²) in [6.07, 6.45) is 2.15. The highest BCUT2D eigenvalue weighted by Gasteiger charge is 2.06. The number of hydrogen-bond donors (Lipinski definition) is 0. The lowest BCUT2D eigenvalue weighted by Crippen LogP contribution is -2.08. The van der Waals surface area contributed by atoms with Crippen molar-refractivity contribution in [3.8, 4) is 0 Å². The first-order valence-electron chi connectivity index (χ1n) is 5.04. The zero-order valence-corrected chi connectivity index (χ0v) is 8.98. The minimum Gasteiger partial charge on any atom is -0.461 e. The molecule has 1 unspecified atom stereocenters. The number of carbonyl (C=O) groups excluding carboxylic acids is 1. The van der Waals surface area contributed by atoms with E-state index in [-0.39, 0.29) is 11.9 Å². The molecular weight excluding hydrogens is 188 g/mol. The van der Waals surface area contributed by atoms with Gasteiger partial charge in [0.1, 0.15) is 6.61 Å². The van der Waals surface area contributed by atoms with Crippen LogP contribution in [-0.4, -0.2) is 5.97 Å². The fourth-order valence-corrected chi connectivity index (χ4v) is 1.14. The number of hydrogen-bond acceptors (Lipinski definition) is 2. The van der Waals surface area contributed by atoms with Gasteiger partial charge < -0.3 is 4.74 Å². The van der Waals surface area contributed by atoms with Gasteiger partial charge in [-0.05, 0) is 11.5 Å². The highest BCUT2D eigenvalue weighted by molar-refractivity contribution is 5.69. The highest BCUT2D eigenvalue weighted by atomic mass is 16.5. The third-order valence-corrected chi connectivity index (χ3v) is 2.13. The van der Waals surface area contributed by atoms with E-state index in [0.29, 0.717) is 13.0 Å². The summed E-state index contributed by atoms with van der Waals surface area (Å²) in [5, 5.41) is 0. The summed E-state index contributed by atoms with van der Waals surface area (Å²) in [5.41, 5.74) is 1.01. The lowest BCUT2D eigenvalue weighted by molar-refractivity contribution is -0.145. The summed E-state index contributed by atoms with van der Waals surface area (Å²) in [6, 6.07) is 9.66. The zero-order valence-electron chi connectivity index (χ0n) is 8.98. The smallest absolute Gasteiger partial charge is 0.306 e. The van der Waals surface area contributed by atoms with Gasteiger partial charge in [0, 0.05) is 0 Å². The molecule has 0 aliphatic heterocycles. The molecule has 2 nitrogen and oxygen atoms in total. The average molecular weight is 204 g/mol. The van der Waals surface area contributed by atoms with Crippen LogP contribution in [-0.2, 0) is 16.1 Å². The summed E-state index contributed by atoms with van der Waals surface area (Å²) in [7, 11) is 0. The predicted molar refractivity (Wildman–Crippen MR) is 60.2 cm³/mol. The van der Waals surface area contributed by atoms with E-state index >= 15 is 0 Å². The van der Waals surface area contributed by atoms with Crippen molar-refractivity contribution in [2.75, 3.05) is 0 Å². The fraction of sp³-hybridized carbons (Fsp3) is 0.308. The summed E-state index contributed by atoms with van der Waals surface area (Å²) in [4.78, 5) is 11.3. The molecule has 80 valence electrons. The van der Waals surface area contributed by atoms with Crippen molar-refractivity contribution in [1.29, 1.82) is 0 Å². The quantitative estimate of drug-likeness (QED) is 0.544. The number of ether oxygens (including phenoxy) is 1. The second kappa shape index (κ2) is 6.02. The van der Waals surface area contributed by atoms with Crippen molar-refractivity contribution in [3.63, 3.8) is 0 Å². The minimum atomic E-state index is -0.175. The molecule has 0 aromatic heterocycles. The zero-order chi connectivity index (χ0) is 11.1. The first-order valence-corrected chi connectivity index (χ1v) is 5.04. The second-order valence-electron chi connectivity index (χ2n) is 3.56. The molecule has 0 amide bonds. The molecule has 0 spiro atoms. The molecule has 15 heavy (non-hydrogen) atoms. The van der Waals surface area contributed by atoms with E-state index < -0.39 is 0 Å². The monoisotopic (exact) mass is 204 g/mol. The van der Waals surface area contributed by atoms with Gasteiger partial charge in [0.05, 0.1) is 6.42 Å². The van der Waals surface area contributed by atoms with Crippen LogP contribution in [0.5, 0.6) is 0 Å². The van der Waals surface area contributed by atoms with Gasteiger partial charge in [0.15, 0.2) is 0 Å². The minimum absolute atomic E-state index is 0.174. The van der Waals surface area contributed by atoms with Crippen molar-refractivity contribution in [2.45, 2.75) is 20.0 Å². The Morgan fingerprint density at radius 3 is 2.73 bits per heavy atom. The molecule has 1 rings (SSSR count). The van der Waals surface area contributed by atoms with Gasteiger partial charge in [0.2, 0.25) is 0 Å². The molecule has 1 aromatic rings. The molecule has 0 saturated carbocycles. The van der Waals surface area contributed by atoms with Crippen LogP contribution in [0, 0.1) is 5.92 Å². The van der Waals surface area contributed by atoms with Gasteiger partial charge in [-0.2, -0.15) is 0 Å². The van der Waals surface area contributed by atoms with Crippen LogP contribution in [0.25, 0.3) is 0 Å². The summed E-state index contributed by atoms with van der Waals surface area (Å²) >= 11 is 0. The molecule has 0 bridgehead atoms. The average Bonchev–Trinajstić information content (AvgIpc) is 2.27. The first kappa shape index (κ1) is 11.5. The molecule has 0 saturated heterocycles. The Balaban J connectivity index is 2.31. The number of esters is 1. The van der Waals surface area contributed by atoms with E-state index in [2.05, 4.69) is 6.58 Å². The maximum Gasteiger partial charge on any atom is 0.306 e. The van der Waals surface area contributed by atoms with E-state index in [1.807, 2.05) is 37.3 Å². The van der Waals surface area contributed by atoms with Crippen molar-refractivity contribution in [3.05, 3.63) is 48.6 Å². The molecule has 0 aliphatic carbocycles. The van der Waals surface area contributed by atoms with E-state index in [0.717, 1.165) is 5.56 Å². The summed E-state index contributed by atoms with van der Waals surface area (Å²) < 4.78 is 5.11. The third-order valence-electron chi connectivity index (χ3n) is 2.13. The van der Waals surface area contributed by atoms with Crippen molar-refractivity contribution >= 4 is 5.97 Å². The maximum absolute atomic E-state index is 11.3. The fourth-order valence-electron chi connectivity index (χ4n) is 1.14. The van der Waals surface area contributed by atoms with Gasteiger partial charge in [-0.25, -0.2) is 0 Å². The summed E-state index contributed by atoms with van der Waals surface area (Å²) in [5.74, 6) is -0.000439. The van der Waals surface area contributed by atoms with Crippen LogP contribution in [0.3, 0.4) is 0 Å². The molecule has 1 atom stereocenters. The number of allylic oxidation sites excluding steroid dienone is 1. The Kier molecular flexibility index (Phi) is 4.61. The summed E-state index contributed by atoms with van der Waals surface area (Å²) in [6.45, 7) is 5.92. The van der Waals surface area contributed by atoms with Crippen LogP contribution < -0.4 is 0 Å². The van der Waals surface area contributed by atoms with E-state index in [9.17, 15) is 4.79 Å². The lowest BCUT2D eigenvalue weighted by atomic mass is 10.1. The standard InChI is InChI=1S/C13H16O2/c1-3-11(2)9-13(14)15-10-12-7-5-4-6-8-12/h3-8,11H,1,9-10H2,2H3. The Labute approximate surface area is 90.6 Å². The van der Waals surface area contributed by atoms with Crippen molar-refractivity contribution in [2.24, 2.45) is 5.92 Å². The van der Waals surface area contributed by atoms with Gasteiger partial charge in [-0.1, -0.05) is 43.3 Å². The van der Waals surface area contributed by atoms with Crippen molar-refractivity contribution < 1.29 is 9.53 Å². The second-order valence-corrected chi connectivity index (χ2v) is 3.56. The number of rotatable bonds is 5. The molecule has 0 heterocycles. The molecule has 1 aromatic carbocycles. The Morgan fingerprint density at radius 1 is 1.47 bits per heavy atom. The van der Waals surface area contributed by atoms with Gasteiger partial charge in [-0.3, -0.25) is 4.79 Å². The number of benzene rings is 1. The SMILES string of the molecule is C=CC(C)CC(=O)OCc1ccccc1.